The monoisotopic (exact) mass is 526 g/mol. The molecule has 2 nitrogen and oxygen atoms in total. The summed E-state index contributed by atoms with van der Waals surface area (Å²) in [4.78, 5) is 10.7. The molecule has 0 N–H and O–H groups in total. The van der Waals surface area contributed by atoms with Crippen molar-refractivity contribution in [1.29, 1.82) is 0 Å². The van der Waals surface area contributed by atoms with Gasteiger partial charge in [-0.2, -0.15) is 0 Å². The lowest BCUT2D eigenvalue weighted by Gasteiger charge is -2.27. The molecule has 2 aromatic rings. The third-order valence-electron chi connectivity index (χ3n) is 9.03. The standard InChI is InChI=1S/C37H54N2/c1-24-15-11-13-17-32(24)38-34-26(3)19-28(22-30(34)36(5,6)7)21-29-20-27(4)35(31(23-29)37(8,9)10)39-33-18-14-12-16-25(33)2/h19-20,22-25H,11-18,21H2,1-10H3. The molecule has 0 spiro atoms. The van der Waals surface area contributed by atoms with Crippen molar-refractivity contribution in [3.8, 4) is 0 Å². The smallest absolute Gasteiger partial charge is 0.0695 e. The van der Waals surface area contributed by atoms with Crippen LogP contribution in [0.4, 0.5) is 11.4 Å². The van der Waals surface area contributed by atoms with Gasteiger partial charge in [0.25, 0.3) is 0 Å². The normalized spacial score (nSPS) is 23.0. The lowest BCUT2D eigenvalue weighted by molar-refractivity contribution is 0.558. The number of aryl methyl sites for hydroxylation is 2. The van der Waals surface area contributed by atoms with Crippen LogP contribution in [0.2, 0.25) is 0 Å². The van der Waals surface area contributed by atoms with Gasteiger partial charge in [0.05, 0.1) is 11.4 Å². The van der Waals surface area contributed by atoms with Gasteiger partial charge < -0.3 is 0 Å². The largest absolute Gasteiger partial charge is 0.257 e. The number of benzene rings is 2. The van der Waals surface area contributed by atoms with Crippen LogP contribution in [0.25, 0.3) is 0 Å². The summed E-state index contributed by atoms with van der Waals surface area (Å²) in [6, 6.07) is 9.69. The van der Waals surface area contributed by atoms with Crippen LogP contribution in [0.15, 0.2) is 34.3 Å². The first-order valence-electron chi connectivity index (χ1n) is 15.7. The van der Waals surface area contributed by atoms with E-state index in [0.717, 1.165) is 19.3 Å². The Labute approximate surface area is 239 Å². The third-order valence-corrected chi connectivity index (χ3v) is 9.03. The minimum absolute atomic E-state index is 0.0429. The van der Waals surface area contributed by atoms with Crippen molar-refractivity contribution >= 4 is 22.8 Å². The molecule has 0 aliphatic heterocycles. The Balaban J connectivity index is 1.75. The van der Waals surface area contributed by atoms with Crippen molar-refractivity contribution in [1.82, 2.24) is 0 Å². The minimum atomic E-state index is 0.0429. The molecule has 2 atom stereocenters. The fraction of sp³-hybridized carbons (Fsp3) is 0.622. The van der Waals surface area contributed by atoms with E-state index in [1.165, 1.54) is 94.7 Å². The number of aliphatic imine (C=N–C) groups is 2. The zero-order valence-corrected chi connectivity index (χ0v) is 26.7. The quantitative estimate of drug-likeness (QED) is 0.378. The van der Waals surface area contributed by atoms with E-state index < -0.39 is 0 Å². The van der Waals surface area contributed by atoms with Crippen LogP contribution < -0.4 is 0 Å². The third kappa shape index (κ3) is 7.11. The molecule has 39 heavy (non-hydrogen) atoms. The van der Waals surface area contributed by atoms with Crippen molar-refractivity contribution in [3.05, 3.63) is 57.6 Å². The molecule has 0 saturated heterocycles. The topological polar surface area (TPSA) is 24.7 Å². The molecule has 0 amide bonds. The maximum absolute atomic E-state index is 5.35. The molecule has 4 rings (SSSR count). The van der Waals surface area contributed by atoms with Crippen LogP contribution in [-0.4, -0.2) is 11.4 Å². The van der Waals surface area contributed by atoms with E-state index in [9.17, 15) is 0 Å². The maximum Gasteiger partial charge on any atom is 0.0695 e. The molecule has 2 aromatic carbocycles. The second-order valence-electron chi connectivity index (χ2n) is 14.8. The first kappa shape index (κ1) is 29.8. The molecule has 0 radical (unpaired) electrons. The number of rotatable bonds is 4. The number of hydrogen-bond donors (Lipinski definition) is 0. The van der Waals surface area contributed by atoms with Gasteiger partial charge in [-0.1, -0.05) is 92.5 Å². The summed E-state index contributed by atoms with van der Waals surface area (Å²) in [7, 11) is 0. The molecule has 0 heterocycles. The zero-order valence-electron chi connectivity index (χ0n) is 26.7. The summed E-state index contributed by atoms with van der Waals surface area (Å²) >= 11 is 0. The van der Waals surface area contributed by atoms with Gasteiger partial charge in [-0.05, 0) is 115 Å². The van der Waals surface area contributed by atoms with E-state index >= 15 is 0 Å². The molecule has 2 aliphatic carbocycles. The van der Waals surface area contributed by atoms with Crippen LogP contribution in [0, 0.1) is 25.7 Å². The summed E-state index contributed by atoms with van der Waals surface area (Å²) in [5, 5.41) is 0. The molecule has 2 unspecified atom stereocenters. The highest BCUT2D eigenvalue weighted by Gasteiger charge is 2.25. The fourth-order valence-corrected chi connectivity index (χ4v) is 6.55. The summed E-state index contributed by atoms with van der Waals surface area (Å²) < 4.78 is 0. The number of hydrogen-bond acceptors (Lipinski definition) is 2. The fourth-order valence-electron chi connectivity index (χ4n) is 6.55. The SMILES string of the molecule is Cc1cc(Cc2cc(C)c(N=C3CCCCC3C)c(C(C)(C)C)c2)cc(C(C)(C)C)c1N=C1CCCCC1C. The van der Waals surface area contributed by atoms with Crippen molar-refractivity contribution in [3.63, 3.8) is 0 Å². The summed E-state index contributed by atoms with van der Waals surface area (Å²) in [5.74, 6) is 1.20. The van der Waals surface area contributed by atoms with Crippen molar-refractivity contribution in [2.75, 3.05) is 0 Å². The van der Waals surface area contributed by atoms with Crippen molar-refractivity contribution in [2.45, 2.75) is 138 Å². The van der Waals surface area contributed by atoms with Gasteiger partial charge in [0, 0.05) is 11.4 Å². The van der Waals surface area contributed by atoms with Crippen LogP contribution in [0.5, 0.6) is 0 Å². The average molecular weight is 527 g/mol. The Bertz CT molecular complexity index is 1150. The highest BCUT2D eigenvalue weighted by atomic mass is 14.8. The Morgan fingerprint density at radius 2 is 1.00 bits per heavy atom. The number of nitrogens with zero attached hydrogens (tertiary/aromatic N) is 2. The average Bonchev–Trinajstić information content (AvgIpc) is 2.83. The van der Waals surface area contributed by atoms with E-state index in [0.29, 0.717) is 11.8 Å². The van der Waals surface area contributed by atoms with Gasteiger partial charge >= 0.3 is 0 Å². The molecule has 212 valence electrons. The second-order valence-corrected chi connectivity index (χ2v) is 14.8. The Morgan fingerprint density at radius 3 is 1.33 bits per heavy atom. The minimum Gasteiger partial charge on any atom is -0.257 e. The molecular formula is C37H54N2. The zero-order chi connectivity index (χ0) is 28.5. The maximum atomic E-state index is 5.35. The van der Waals surface area contributed by atoms with Gasteiger partial charge in [-0.25, -0.2) is 0 Å². The van der Waals surface area contributed by atoms with E-state index in [1.807, 2.05) is 0 Å². The van der Waals surface area contributed by atoms with E-state index in [4.69, 9.17) is 9.98 Å². The Morgan fingerprint density at radius 1 is 0.615 bits per heavy atom. The second kappa shape index (κ2) is 11.7. The first-order chi connectivity index (χ1) is 18.2. The molecule has 2 heteroatoms. The van der Waals surface area contributed by atoms with E-state index in [2.05, 4.69) is 93.5 Å². The molecule has 2 saturated carbocycles. The van der Waals surface area contributed by atoms with Crippen LogP contribution in [0.3, 0.4) is 0 Å². The van der Waals surface area contributed by atoms with Crippen molar-refractivity contribution in [2.24, 2.45) is 21.8 Å². The van der Waals surface area contributed by atoms with Crippen LogP contribution in [-0.2, 0) is 17.3 Å². The Hall–Kier alpha value is -2.22. The van der Waals surface area contributed by atoms with Crippen LogP contribution in [0.1, 0.15) is 140 Å². The predicted octanol–water partition coefficient (Wildman–Crippen LogP) is 11.1. The lowest BCUT2D eigenvalue weighted by Crippen LogP contribution is -2.18. The highest BCUT2D eigenvalue weighted by molar-refractivity contribution is 5.91. The predicted molar refractivity (Wildman–Crippen MR) is 172 cm³/mol. The summed E-state index contributed by atoms with van der Waals surface area (Å²) in [6.07, 6.45) is 11.0. The van der Waals surface area contributed by atoms with Gasteiger partial charge in [0.15, 0.2) is 0 Å². The van der Waals surface area contributed by atoms with E-state index in [1.54, 1.807) is 0 Å². The molecule has 2 fully saturated rings. The van der Waals surface area contributed by atoms with Crippen LogP contribution >= 0.6 is 0 Å². The van der Waals surface area contributed by atoms with Gasteiger partial charge in [-0.3, -0.25) is 9.98 Å². The van der Waals surface area contributed by atoms with E-state index in [-0.39, 0.29) is 10.8 Å². The molecular weight excluding hydrogens is 472 g/mol. The molecule has 0 aromatic heterocycles. The first-order valence-corrected chi connectivity index (χ1v) is 15.7. The summed E-state index contributed by atoms with van der Waals surface area (Å²) in [6.45, 7) is 23.3. The Kier molecular flexibility index (Phi) is 8.94. The van der Waals surface area contributed by atoms with Gasteiger partial charge in [-0.15, -0.1) is 0 Å². The summed E-state index contributed by atoms with van der Waals surface area (Å²) in [5.41, 5.74) is 13.5. The highest BCUT2D eigenvalue weighted by Crippen LogP contribution is 2.40. The van der Waals surface area contributed by atoms with Gasteiger partial charge in [0.1, 0.15) is 0 Å². The van der Waals surface area contributed by atoms with Gasteiger partial charge in [0.2, 0.25) is 0 Å². The van der Waals surface area contributed by atoms with Crippen molar-refractivity contribution < 1.29 is 0 Å². The molecule has 2 aliphatic rings. The lowest BCUT2D eigenvalue weighted by atomic mass is 9.81. The molecule has 0 bridgehead atoms.